The molecule has 20 heavy (non-hydrogen) atoms. The van der Waals surface area contributed by atoms with Gasteiger partial charge in [0.15, 0.2) is 0 Å². The van der Waals surface area contributed by atoms with Crippen LogP contribution in [0.25, 0.3) is 0 Å². The van der Waals surface area contributed by atoms with Gasteiger partial charge in [-0.25, -0.2) is 0 Å². The fourth-order valence-electron chi connectivity index (χ4n) is 2.53. The van der Waals surface area contributed by atoms with Gasteiger partial charge in [0.2, 0.25) is 5.91 Å². The minimum atomic E-state index is 0.0653. The first kappa shape index (κ1) is 14.9. The average molecular weight is 277 g/mol. The van der Waals surface area contributed by atoms with E-state index < -0.39 is 0 Å². The van der Waals surface area contributed by atoms with Crippen LogP contribution in [0.5, 0.6) is 0 Å². The Labute approximate surface area is 120 Å². The van der Waals surface area contributed by atoms with E-state index >= 15 is 0 Å². The Hall–Kier alpha value is -1.46. The number of methoxy groups -OCH3 is 1. The third-order valence-corrected chi connectivity index (χ3v) is 3.79. The molecule has 2 heterocycles. The lowest BCUT2D eigenvalue weighted by atomic mass is 9.96. The number of pyridine rings is 1. The zero-order valence-corrected chi connectivity index (χ0v) is 12.2. The molecule has 5 nitrogen and oxygen atoms in total. The van der Waals surface area contributed by atoms with Gasteiger partial charge >= 0.3 is 0 Å². The van der Waals surface area contributed by atoms with Crippen molar-refractivity contribution in [3.8, 4) is 0 Å². The van der Waals surface area contributed by atoms with Gasteiger partial charge in [-0.15, -0.1) is 0 Å². The van der Waals surface area contributed by atoms with E-state index in [-0.39, 0.29) is 11.8 Å². The number of hydrogen-bond acceptors (Lipinski definition) is 4. The van der Waals surface area contributed by atoms with Crippen molar-refractivity contribution in [2.45, 2.75) is 13.5 Å². The van der Waals surface area contributed by atoms with Gasteiger partial charge in [0.25, 0.3) is 0 Å². The van der Waals surface area contributed by atoms with E-state index in [0.29, 0.717) is 25.6 Å². The number of hydrogen-bond donors (Lipinski definition) is 1. The van der Waals surface area contributed by atoms with Gasteiger partial charge < -0.3 is 15.0 Å². The molecule has 0 spiro atoms. The van der Waals surface area contributed by atoms with Crippen LogP contribution in [0.1, 0.15) is 12.6 Å². The Morgan fingerprint density at radius 3 is 2.95 bits per heavy atom. The van der Waals surface area contributed by atoms with E-state index in [2.05, 4.69) is 17.2 Å². The molecule has 0 aliphatic carbocycles. The van der Waals surface area contributed by atoms with Crippen LogP contribution >= 0.6 is 0 Å². The highest BCUT2D eigenvalue weighted by Gasteiger charge is 2.32. The molecule has 0 aromatic carbocycles. The van der Waals surface area contributed by atoms with Crippen LogP contribution in [0.4, 0.5) is 0 Å². The molecule has 0 unspecified atom stereocenters. The van der Waals surface area contributed by atoms with Crippen LogP contribution in [0.2, 0.25) is 0 Å². The Morgan fingerprint density at radius 1 is 1.50 bits per heavy atom. The summed E-state index contributed by atoms with van der Waals surface area (Å²) in [4.78, 5) is 18.8. The monoisotopic (exact) mass is 277 g/mol. The van der Waals surface area contributed by atoms with Crippen LogP contribution in [0, 0.1) is 11.8 Å². The molecular weight excluding hydrogens is 254 g/mol. The van der Waals surface area contributed by atoms with Crippen LogP contribution in [-0.2, 0) is 16.1 Å². The summed E-state index contributed by atoms with van der Waals surface area (Å²) in [6.07, 6.45) is 1.76. The first-order chi connectivity index (χ1) is 9.72. The molecule has 1 aromatic heterocycles. The van der Waals surface area contributed by atoms with E-state index in [0.717, 1.165) is 18.8 Å². The number of carbonyl (C=O) groups is 1. The molecule has 0 saturated carbocycles. The molecule has 0 radical (unpaired) electrons. The average Bonchev–Trinajstić information content (AvgIpc) is 2.90. The van der Waals surface area contributed by atoms with Gasteiger partial charge in [0.1, 0.15) is 0 Å². The second kappa shape index (κ2) is 7.36. The molecule has 1 amide bonds. The molecule has 1 N–H and O–H groups in total. The summed E-state index contributed by atoms with van der Waals surface area (Å²) >= 11 is 0. The summed E-state index contributed by atoms with van der Waals surface area (Å²) in [5, 5.41) is 3.28. The Kier molecular flexibility index (Phi) is 5.49. The van der Waals surface area contributed by atoms with E-state index in [1.165, 1.54) is 0 Å². The van der Waals surface area contributed by atoms with Crippen molar-refractivity contribution in [2.75, 3.05) is 33.4 Å². The molecule has 1 saturated heterocycles. The highest BCUT2D eigenvalue weighted by atomic mass is 16.5. The van der Waals surface area contributed by atoms with E-state index in [4.69, 9.17) is 4.74 Å². The maximum atomic E-state index is 12.7. The second-order valence-corrected chi connectivity index (χ2v) is 5.32. The smallest absolute Gasteiger partial charge is 0.227 e. The van der Waals surface area contributed by atoms with Crippen molar-refractivity contribution in [3.05, 3.63) is 30.1 Å². The third kappa shape index (κ3) is 3.77. The fraction of sp³-hybridized carbons (Fsp3) is 0.600. The lowest BCUT2D eigenvalue weighted by Gasteiger charge is -2.26. The summed E-state index contributed by atoms with van der Waals surface area (Å²) in [5.41, 5.74) is 0.913. The maximum absolute atomic E-state index is 12.7. The maximum Gasteiger partial charge on any atom is 0.227 e. The molecule has 1 aliphatic heterocycles. The number of ether oxygens (including phenoxy) is 1. The van der Waals surface area contributed by atoms with E-state index in [9.17, 15) is 4.79 Å². The van der Waals surface area contributed by atoms with Crippen molar-refractivity contribution < 1.29 is 9.53 Å². The number of nitrogens with zero attached hydrogens (tertiary/aromatic N) is 2. The standard InChI is InChI=1S/C15H23N3O2/c1-12-9-16-10-14(12)15(19)18(7-8-20-2)11-13-5-3-4-6-17-13/h3-6,12,14,16H,7-11H2,1-2H3/t12-,14-/m1/s1. The van der Waals surface area contributed by atoms with Crippen LogP contribution in [0.15, 0.2) is 24.4 Å². The SMILES string of the molecule is COCCN(Cc1ccccn1)C(=O)[C@@H]1CNC[C@H]1C. The van der Waals surface area contributed by atoms with Gasteiger partial charge in [0, 0.05) is 26.4 Å². The molecular formula is C15H23N3O2. The molecule has 1 aromatic rings. The normalized spacial score (nSPS) is 21.9. The molecule has 5 heteroatoms. The van der Waals surface area contributed by atoms with Crippen molar-refractivity contribution >= 4 is 5.91 Å². The predicted octanol–water partition coefficient (Wildman–Crippen LogP) is 0.912. The number of rotatable bonds is 6. The largest absolute Gasteiger partial charge is 0.383 e. The minimum absolute atomic E-state index is 0.0653. The van der Waals surface area contributed by atoms with Crippen LogP contribution in [-0.4, -0.2) is 49.1 Å². The van der Waals surface area contributed by atoms with E-state index in [1.807, 2.05) is 23.1 Å². The fourth-order valence-corrected chi connectivity index (χ4v) is 2.53. The van der Waals surface area contributed by atoms with Gasteiger partial charge in [-0.3, -0.25) is 9.78 Å². The Bertz CT molecular complexity index is 424. The van der Waals surface area contributed by atoms with Crippen molar-refractivity contribution in [1.29, 1.82) is 0 Å². The highest BCUT2D eigenvalue weighted by molar-refractivity contribution is 5.79. The van der Waals surface area contributed by atoms with Crippen molar-refractivity contribution in [3.63, 3.8) is 0 Å². The summed E-state index contributed by atoms with van der Waals surface area (Å²) in [7, 11) is 1.66. The lowest BCUT2D eigenvalue weighted by Crippen LogP contribution is -2.40. The topological polar surface area (TPSA) is 54.5 Å². The molecule has 2 rings (SSSR count). The van der Waals surface area contributed by atoms with Gasteiger partial charge in [-0.05, 0) is 24.6 Å². The Balaban J connectivity index is 2.04. The molecule has 1 fully saturated rings. The molecule has 2 atom stereocenters. The van der Waals surface area contributed by atoms with Crippen molar-refractivity contribution in [1.82, 2.24) is 15.2 Å². The van der Waals surface area contributed by atoms with E-state index in [1.54, 1.807) is 13.3 Å². The van der Waals surface area contributed by atoms with Crippen LogP contribution < -0.4 is 5.32 Å². The first-order valence-corrected chi connectivity index (χ1v) is 7.10. The number of aromatic nitrogens is 1. The third-order valence-electron chi connectivity index (χ3n) is 3.79. The van der Waals surface area contributed by atoms with Crippen molar-refractivity contribution in [2.24, 2.45) is 11.8 Å². The first-order valence-electron chi connectivity index (χ1n) is 7.10. The van der Waals surface area contributed by atoms with Gasteiger partial charge in [-0.1, -0.05) is 13.0 Å². The van der Waals surface area contributed by atoms with Crippen LogP contribution in [0.3, 0.4) is 0 Å². The van der Waals surface area contributed by atoms with Gasteiger partial charge in [0.05, 0.1) is 24.8 Å². The Morgan fingerprint density at radius 2 is 2.35 bits per heavy atom. The van der Waals surface area contributed by atoms with Gasteiger partial charge in [-0.2, -0.15) is 0 Å². The second-order valence-electron chi connectivity index (χ2n) is 5.32. The molecule has 0 bridgehead atoms. The zero-order chi connectivity index (χ0) is 14.4. The zero-order valence-electron chi connectivity index (χ0n) is 12.2. The predicted molar refractivity (Wildman–Crippen MR) is 77.1 cm³/mol. The minimum Gasteiger partial charge on any atom is -0.383 e. The quantitative estimate of drug-likeness (QED) is 0.840. The number of nitrogens with one attached hydrogen (secondary N) is 1. The molecule has 110 valence electrons. The summed E-state index contributed by atoms with van der Waals surface area (Å²) in [6, 6.07) is 5.78. The number of amides is 1. The summed E-state index contributed by atoms with van der Waals surface area (Å²) in [5.74, 6) is 0.650. The summed E-state index contributed by atoms with van der Waals surface area (Å²) < 4.78 is 5.12. The molecule has 1 aliphatic rings. The number of carbonyl (C=O) groups excluding carboxylic acids is 1. The highest BCUT2D eigenvalue weighted by Crippen LogP contribution is 2.19. The lowest BCUT2D eigenvalue weighted by molar-refractivity contribution is -0.137. The summed E-state index contributed by atoms with van der Waals surface area (Å²) in [6.45, 7) is 5.51.